The Morgan fingerprint density at radius 1 is 0.423 bits per heavy atom. The molecular weight excluding hydrogens is 629 g/mol. The number of hydrogen-bond donors (Lipinski definition) is 0. The molecular formula is C51H34O. The van der Waals surface area contributed by atoms with Crippen LogP contribution < -0.4 is 4.74 Å². The number of benzene rings is 9. The molecule has 1 nitrogen and oxygen atoms in total. The van der Waals surface area contributed by atoms with Crippen LogP contribution >= 0.6 is 0 Å². The lowest BCUT2D eigenvalue weighted by molar-refractivity contribution is 0.172. The molecule has 52 heavy (non-hydrogen) atoms. The smallest absolute Gasteiger partial charge is 0.136 e. The monoisotopic (exact) mass is 662 g/mol. The molecule has 0 amide bonds. The van der Waals surface area contributed by atoms with E-state index in [0.717, 1.165) is 12.2 Å². The van der Waals surface area contributed by atoms with Crippen molar-refractivity contribution in [3.05, 3.63) is 187 Å². The van der Waals surface area contributed by atoms with Crippen LogP contribution in [0, 0.1) is 0 Å². The molecule has 0 N–H and O–H groups in total. The Kier molecular flexibility index (Phi) is 6.22. The van der Waals surface area contributed by atoms with E-state index < -0.39 is 5.60 Å². The molecule has 11 rings (SSSR count). The van der Waals surface area contributed by atoms with E-state index in [-0.39, 0.29) is 0 Å². The summed E-state index contributed by atoms with van der Waals surface area (Å²) in [5, 5.41) is 12.5. The van der Waals surface area contributed by atoms with E-state index in [1.54, 1.807) is 0 Å². The number of ether oxygens (including phenoxy) is 1. The van der Waals surface area contributed by atoms with Gasteiger partial charge in [-0.2, -0.15) is 0 Å². The minimum absolute atomic E-state index is 0.415. The second-order valence-electron chi connectivity index (χ2n) is 14.5. The Labute approximate surface area is 302 Å². The van der Waals surface area contributed by atoms with Crippen molar-refractivity contribution in [1.82, 2.24) is 0 Å². The van der Waals surface area contributed by atoms with Gasteiger partial charge in [0.15, 0.2) is 0 Å². The van der Waals surface area contributed by atoms with Crippen molar-refractivity contribution < 1.29 is 4.74 Å². The zero-order valence-corrected chi connectivity index (χ0v) is 28.9. The van der Waals surface area contributed by atoms with Gasteiger partial charge in [0.25, 0.3) is 0 Å². The van der Waals surface area contributed by atoms with Gasteiger partial charge in [-0.3, -0.25) is 0 Å². The summed E-state index contributed by atoms with van der Waals surface area (Å²) >= 11 is 0. The zero-order valence-electron chi connectivity index (χ0n) is 28.9. The summed E-state index contributed by atoms with van der Waals surface area (Å²) in [5.74, 6) is 1.01. The van der Waals surface area contributed by atoms with Crippen molar-refractivity contribution in [1.29, 1.82) is 0 Å². The highest BCUT2D eigenvalue weighted by Gasteiger charge is 2.43. The molecule has 1 aliphatic heterocycles. The largest absolute Gasteiger partial charge is 0.481 e. The molecule has 244 valence electrons. The predicted molar refractivity (Wildman–Crippen MR) is 221 cm³/mol. The fourth-order valence-corrected chi connectivity index (χ4v) is 9.07. The highest BCUT2D eigenvalue weighted by atomic mass is 16.5. The van der Waals surface area contributed by atoms with Crippen molar-refractivity contribution in [2.24, 2.45) is 0 Å². The summed E-state index contributed by atoms with van der Waals surface area (Å²) in [6.07, 6.45) is 5.58. The Bertz CT molecular complexity index is 2980. The average molecular weight is 663 g/mol. The fraction of sp³-hybridized carbons (Fsp3) is 0.0588. The van der Waals surface area contributed by atoms with Crippen molar-refractivity contribution in [3.63, 3.8) is 0 Å². The fourth-order valence-electron chi connectivity index (χ4n) is 9.07. The van der Waals surface area contributed by atoms with E-state index in [9.17, 15) is 0 Å². The topological polar surface area (TPSA) is 9.23 Å². The average Bonchev–Trinajstić information content (AvgIpc) is 3.52. The van der Waals surface area contributed by atoms with Gasteiger partial charge in [-0.05, 0) is 107 Å². The van der Waals surface area contributed by atoms with Crippen molar-refractivity contribution >= 4 is 65.0 Å². The van der Waals surface area contributed by atoms with E-state index >= 15 is 0 Å². The van der Waals surface area contributed by atoms with Crippen molar-refractivity contribution in [2.75, 3.05) is 0 Å². The third kappa shape index (κ3) is 4.23. The van der Waals surface area contributed by atoms with Gasteiger partial charge < -0.3 is 4.74 Å². The van der Waals surface area contributed by atoms with Crippen LogP contribution in [0.25, 0.3) is 87.3 Å². The molecule has 0 saturated carbocycles. The summed E-state index contributed by atoms with van der Waals surface area (Å²) in [6, 6.07) is 60.0. The maximum absolute atomic E-state index is 6.95. The number of allylic oxidation sites excluding steroid dienone is 2. The van der Waals surface area contributed by atoms with E-state index in [1.807, 2.05) is 0 Å². The van der Waals surface area contributed by atoms with E-state index in [0.29, 0.717) is 0 Å². The van der Waals surface area contributed by atoms with Gasteiger partial charge >= 0.3 is 0 Å². The van der Waals surface area contributed by atoms with Gasteiger partial charge in [0.1, 0.15) is 11.4 Å². The first-order valence-electron chi connectivity index (χ1n) is 18.2. The molecule has 1 atom stereocenters. The molecule has 0 saturated heterocycles. The first-order valence-corrected chi connectivity index (χ1v) is 18.2. The summed E-state index contributed by atoms with van der Waals surface area (Å²) in [6.45, 7) is 2.25. The Morgan fingerprint density at radius 2 is 0.923 bits per heavy atom. The van der Waals surface area contributed by atoms with Gasteiger partial charge in [0, 0.05) is 22.9 Å². The van der Waals surface area contributed by atoms with Crippen LogP contribution in [-0.2, 0) is 0 Å². The number of fused-ring (bicyclic) bond motifs is 11. The summed E-state index contributed by atoms with van der Waals surface area (Å²) in [7, 11) is 0. The lowest BCUT2D eigenvalue weighted by Crippen LogP contribution is -2.30. The van der Waals surface area contributed by atoms with Crippen LogP contribution in [0.3, 0.4) is 0 Å². The molecule has 1 heteroatoms. The maximum Gasteiger partial charge on any atom is 0.136 e. The van der Waals surface area contributed by atoms with E-state index in [4.69, 9.17) is 4.74 Å². The highest BCUT2D eigenvalue weighted by Crippen LogP contribution is 2.55. The minimum Gasteiger partial charge on any atom is -0.481 e. The standard InChI is InChI=1S/C51H34O/c1-51-28-27-35(31-46(51)49-40-19-6-4-17-38(40)39-18-5-11-24-45(39)50(49)52-51)34-15-12-16-36(30-34)47-41-20-7-9-22-43(41)48(44-23-10-8-21-42(44)47)37-26-25-32-13-2-3-14-33(32)29-37/h2-27,29-31H,28H2,1H3. The second-order valence-corrected chi connectivity index (χ2v) is 14.5. The SMILES string of the molecule is CC12CC=C(c3cccc(-c4c5ccccc5c(-c5ccc6ccccc6c5)c5ccccc45)c3)C=C1c1c(c3ccccc3c3ccccc13)O2. The quantitative estimate of drug-likeness (QED) is 0.135. The molecule has 0 fully saturated rings. The lowest BCUT2D eigenvalue weighted by atomic mass is 9.80. The summed E-state index contributed by atoms with van der Waals surface area (Å²) in [4.78, 5) is 0. The first kappa shape index (κ1) is 29.3. The molecule has 9 aromatic carbocycles. The minimum atomic E-state index is -0.415. The van der Waals surface area contributed by atoms with Crippen LogP contribution in [0.15, 0.2) is 176 Å². The molecule has 0 radical (unpaired) electrons. The highest BCUT2D eigenvalue weighted by molar-refractivity contribution is 6.22. The molecule has 9 aromatic rings. The van der Waals surface area contributed by atoms with Crippen LogP contribution in [0.1, 0.15) is 24.5 Å². The molecule has 0 aromatic heterocycles. The second kappa shape index (κ2) is 11.0. The van der Waals surface area contributed by atoms with Gasteiger partial charge in [-0.15, -0.1) is 0 Å². The Balaban J connectivity index is 1.09. The Morgan fingerprint density at radius 3 is 1.58 bits per heavy atom. The number of rotatable bonds is 3. The molecule has 0 spiro atoms. The molecule has 0 bridgehead atoms. The molecule has 1 aliphatic carbocycles. The first-order chi connectivity index (χ1) is 25.6. The lowest BCUT2D eigenvalue weighted by Gasteiger charge is -2.28. The van der Waals surface area contributed by atoms with Gasteiger partial charge in [-0.25, -0.2) is 0 Å². The third-order valence-electron chi connectivity index (χ3n) is 11.5. The van der Waals surface area contributed by atoms with Crippen LogP contribution in [-0.4, -0.2) is 5.60 Å². The van der Waals surface area contributed by atoms with E-state index in [1.165, 1.54) is 98.4 Å². The van der Waals surface area contributed by atoms with Crippen molar-refractivity contribution in [3.8, 4) is 28.0 Å². The van der Waals surface area contributed by atoms with E-state index in [2.05, 4.69) is 183 Å². The summed E-state index contributed by atoms with van der Waals surface area (Å²) < 4.78 is 6.95. The van der Waals surface area contributed by atoms with Gasteiger partial charge in [0.05, 0.1) is 0 Å². The van der Waals surface area contributed by atoms with Crippen molar-refractivity contribution in [2.45, 2.75) is 18.9 Å². The molecule has 1 heterocycles. The maximum atomic E-state index is 6.95. The van der Waals surface area contributed by atoms with Crippen LogP contribution in [0.5, 0.6) is 5.75 Å². The van der Waals surface area contributed by atoms with Gasteiger partial charge in [-0.1, -0.05) is 158 Å². The Hall–Kier alpha value is -6.44. The van der Waals surface area contributed by atoms with Crippen LogP contribution in [0.4, 0.5) is 0 Å². The normalized spacial score (nSPS) is 16.6. The summed E-state index contributed by atoms with van der Waals surface area (Å²) in [5.41, 5.74) is 9.58. The molecule has 1 unspecified atom stereocenters. The predicted octanol–water partition coefficient (Wildman–Crippen LogP) is 13.8. The van der Waals surface area contributed by atoms with Gasteiger partial charge in [0.2, 0.25) is 0 Å². The third-order valence-corrected chi connectivity index (χ3v) is 11.5. The number of hydrogen-bond acceptors (Lipinski definition) is 1. The van der Waals surface area contributed by atoms with Crippen LogP contribution in [0.2, 0.25) is 0 Å². The zero-order chi connectivity index (χ0) is 34.4. The molecule has 2 aliphatic rings.